The Morgan fingerprint density at radius 2 is 2.18 bits per heavy atom. The third-order valence-electron chi connectivity index (χ3n) is 5.83. The van der Waals surface area contributed by atoms with E-state index < -0.39 is 0 Å². The highest BCUT2D eigenvalue weighted by molar-refractivity contribution is 7.99. The highest BCUT2D eigenvalue weighted by Crippen LogP contribution is 2.34. The van der Waals surface area contributed by atoms with Crippen molar-refractivity contribution in [2.75, 3.05) is 18.6 Å². The molecule has 0 aromatic heterocycles. The number of thioether (sulfide) groups is 1. The summed E-state index contributed by atoms with van der Waals surface area (Å²) in [6.07, 6.45) is 12.0. The molecule has 0 saturated carbocycles. The SMILES string of the molecule is CNC(C)C(=O)N[C@H]1CC[C@H]2CC[C@@H](CSCCC3=CC=CCC#C3)N2C1=O. The van der Waals surface area contributed by atoms with Gasteiger partial charge >= 0.3 is 0 Å². The molecule has 0 radical (unpaired) electrons. The Hall–Kier alpha value is -1.71. The average molecular weight is 402 g/mol. The number of carbonyl (C=O) groups is 2. The van der Waals surface area contributed by atoms with E-state index in [0.717, 1.165) is 50.0 Å². The molecule has 1 unspecified atom stereocenters. The maximum Gasteiger partial charge on any atom is 0.245 e. The van der Waals surface area contributed by atoms with Crippen molar-refractivity contribution in [3.63, 3.8) is 0 Å². The predicted octanol–water partition coefficient (Wildman–Crippen LogP) is 2.25. The van der Waals surface area contributed by atoms with Gasteiger partial charge in [-0.3, -0.25) is 9.59 Å². The number of rotatable bonds is 8. The van der Waals surface area contributed by atoms with Gasteiger partial charge < -0.3 is 15.5 Å². The van der Waals surface area contributed by atoms with Crippen molar-refractivity contribution >= 4 is 23.6 Å². The molecule has 2 fully saturated rings. The lowest BCUT2D eigenvalue weighted by atomic mass is 9.98. The zero-order chi connectivity index (χ0) is 19.9. The number of hydrogen-bond acceptors (Lipinski definition) is 4. The second-order valence-electron chi connectivity index (χ2n) is 7.73. The first-order chi connectivity index (χ1) is 13.6. The van der Waals surface area contributed by atoms with Crippen LogP contribution in [0, 0.1) is 11.8 Å². The highest BCUT2D eigenvalue weighted by atomic mass is 32.2. The minimum atomic E-state index is -0.372. The van der Waals surface area contributed by atoms with Gasteiger partial charge in [0.1, 0.15) is 6.04 Å². The molecule has 0 aromatic rings. The van der Waals surface area contributed by atoms with Gasteiger partial charge in [0.25, 0.3) is 0 Å². The molecular weight excluding hydrogens is 370 g/mol. The summed E-state index contributed by atoms with van der Waals surface area (Å²) in [4.78, 5) is 27.3. The molecule has 6 heteroatoms. The van der Waals surface area contributed by atoms with E-state index in [1.54, 1.807) is 7.05 Å². The largest absolute Gasteiger partial charge is 0.343 e. The fourth-order valence-corrected chi connectivity index (χ4v) is 5.19. The zero-order valence-electron chi connectivity index (χ0n) is 16.9. The Morgan fingerprint density at radius 1 is 1.36 bits per heavy atom. The molecule has 28 heavy (non-hydrogen) atoms. The molecule has 2 amide bonds. The summed E-state index contributed by atoms with van der Waals surface area (Å²) >= 11 is 1.91. The Balaban J connectivity index is 1.49. The van der Waals surface area contributed by atoms with Crippen LogP contribution < -0.4 is 10.6 Å². The van der Waals surface area contributed by atoms with E-state index in [1.165, 1.54) is 5.57 Å². The van der Waals surface area contributed by atoms with Crippen molar-refractivity contribution in [3.05, 3.63) is 23.8 Å². The first kappa shape index (κ1) is 21.0. The molecule has 2 N–H and O–H groups in total. The minimum absolute atomic E-state index is 0.101. The number of likely N-dealkylation sites (N-methyl/N-ethyl adjacent to an activating group) is 1. The van der Waals surface area contributed by atoms with E-state index in [4.69, 9.17) is 0 Å². The topological polar surface area (TPSA) is 61.4 Å². The number of nitrogens with one attached hydrogen (secondary N) is 2. The quantitative estimate of drug-likeness (QED) is 0.484. The van der Waals surface area contributed by atoms with Crippen LogP contribution in [0.2, 0.25) is 0 Å². The van der Waals surface area contributed by atoms with Crippen LogP contribution in [0.15, 0.2) is 23.8 Å². The lowest BCUT2D eigenvalue weighted by molar-refractivity contribution is -0.142. The van der Waals surface area contributed by atoms with Gasteiger partial charge in [-0.1, -0.05) is 30.1 Å². The molecule has 0 spiro atoms. The number of piperidine rings is 1. The average Bonchev–Trinajstić information content (AvgIpc) is 2.93. The molecular formula is C22H31N3O2S. The summed E-state index contributed by atoms with van der Waals surface area (Å²) in [7, 11) is 1.75. The molecule has 2 heterocycles. The van der Waals surface area contributed by atoms with Gasteiger partial charge in [-0.25, -0.2) is 0 Å². The predicted molar refractivity (Wildman–Crippen MR) is 115 cm³/mol. The van der Waals surface area contributed by atoms with Crippen LogP contribution in [-0.4, -0.2) is 59.4 Å². The van der Waals surface area contributed by atoms with E-state index in [1.807, 2.05) is 18.7 Å². The van der Waals surface area contributed by atoms with Crippen LogP contribution in [0.1, 0.15) is 45.4 Å². The smallest absolute Gasteiger partial charge is 0.245 e. The minimum Gasteiger partial charge on any atom is -0.343 e. The van der Waals surface area contributed by atoms with Crippen molar-refractivity contribution in [1.29, 1.82) is 0 Å². The lowest BCUT2D eigenvalue weighted by Crippen LogP contribution is -2.58. The molecule has 1 aliphatic carbocycles. The molecule has 0 aromatic carbocycles. The summed E-state index contributed by atoms with van der Waals surface area (Å²) in [5, 5.41) is 5.87. The summed E-state index contributed by atoms with van der Waals surface area (Å²) in [6.45, 7) is 1.81. The van der Waals surface area contributed by atoms with Gasteiger partial charge in [-0.2, -0.15) is 11.8 Å². The van der Waals surface area contributed by atoms with Gasteiger partial charge in [0.05, 0.1) is 6.04 Å². The van der Waals surface area contributed by atoms with Crippen molar-refractivity contribution in [2.24, 2.45) is 0 Å². The number of hydrogen-bond donors (Lipinski definition) is 2. The Bertz CT molecular complexity index is 706. The molecule has 152 valence electrons. The number of nitrogens with zero attached hydrogens (tertiary/aromatic N) is 1. The standard InChI is InChI=1S/C22H31N3O2S/c1-16(23-2)21(26)24-20-12-11-18-9-10-19(25(18)22(20)27)15-28-14-13-17-7-5-3-4-6-8-17/h3,5,7,16,18-20,23H,4,9-15H2,1-2H3,(H,24,26)/t16?,18-,19+,20+/m1/s1. The maximum atomic E-state index is 13.0. The van der Waals surface area contributed by atoms with E-state index in [0.29, 0.717) is 6.04 Å². The Labute approximate surface area is 172 Å². The van der Waals surface area contributed by atoms with Crippen LogP contribution in [0.5, 0.6) is 0 Å². The van der Waals surface area contributed by atoms with Gasteiger partial charge in [0.2, 0.25) is 11.8 Å². The van der Waals surface area contributed by atoms with E-state index >= 15 is 0 Å². The summed E-state index contributed by atoms with van der Waals surface area (Å²) in [6, 6.07) is -0.0124. The Morgan fingerprint density at radius 3 is 3.00 bits per heavy atom. The number of amides is 2. The first-order valence-electron chi connectivity index (χ1n) is 10.3. The fourth-order valence-electron chi connectivity index (χ4n) is 4.06. The van der Waals surface area contributed by atoms with Crippen molar-refractivity contribution < 1.29 is 9.59 Å². The summed E-state index contributed by atoms with van der Waals surface area (Å²) in [5.41, 5.74) is 1.20. The van der Waals surface area contributed by atoms with Crippen LogP contribution in [0.3, 0.4) is 0 Å². The van der Waals surface area contributed by atoms with E-state index in [9.17, 15) is 9.59 Å². The van der Waals surface area contributed by atoms with Crippen LogP contribution >= 0.6 is 11.8 Å². The van der Waals surface area contributed by atoms with Gasteiger partial charge in [-0.15, -0.1) is 0 Å². The molecule has 2 aliphatic heterocycles. The molecule has 3 rings (SSSR count). The lowest BCUT2D eigenvalue weighted by Gasteiger charge is -2.38. The van der Waals surface area contributed by atoms with Gasteiger partial charge in [0.15, 0.2) is 0 Å². The highest BCUT2D eigenvalue weighted by Gasteiger charge is 2.43. The second-order valence-corrected chi connectivity index (χ2v) is 8.88. The van der Waals surface area contributed by atoms with Crippen LogP contribution in [0.25, 0.3) is 0 Å². The van der Waals surface area contributed by atoms with Crippen molar-refractivity contribution in [3.8, 4) is 11.8 Å². The second kappa shape index (κ2) is 10.2. The van der Waals surface area contributed by atoms with Gasteiger partial charge in [0, 0.05) is 29.8 Å². The molecule has 5 nitrogen and oxygen atoms in total. The van der Waals surface area contributed by atoms with Crippen molar-refractivity contribution in [1.82, 2.24) is 15.5 Å². The summed E-state index contributed by atoms with van der Waals surface area (Å²) < 4.78 is 0. The number of carbonyl (C=O) groups excluding carboxylic acids is 2. The fraction of sp³-hybridized carbons (Fsp3) is 0.636. The first-order valence-corrected chi connectivity index (χ1v) is 11.5. The monoisotopic (exact) mass is 401 g/mol. The molecule has 2 saturated heterocycles. The van der Waals surface area contributed by atoms with Gasteiger partial charge in [-0.05, 0) is 51.8 Å². The zero-order valence-corrected chi connectivity index (χ0v) is 17.7. The molecule has 3 aliphatic rings. The van der Waals surface area contributed by atoms with Crippen LogP contribution in [-0.2, 0) is 9.59 Å². The summed E-state index contributed by atoms with van der Waals surface area (Å²) in [5.74, 6) is 8.37. The van der Waals surface area contributed by atoms with E-state index in [2.05, 4.69) is 45.6 Å². The molecule has 0 bridgehead atoms. The normalized spacial score (nSPS) is 27.4. The van der Waals surface area contributed by atoms with Crippen molar-refractivity contribution in [2.45, 2.75) is 69.6 Å². The maximum absolute atomic E-state index is 13.0. The third kappa shape index (κ3) is 5.21. The Kier molecular flexibility index (Phi) is 7.64. The number of fused-ring (bicyclic) bond motifs is 1. The van der Waals surface area contributed by atoms with E-state index in [-0.39, 0.29) is 29.9 Å². The van der Waals surface area contributed by atoms with Crippen LogP contribution in [0.4, 0.5) is 0 Å². The molecule has 4 atom stereocenters. The third-order valence-corrected chi connectivity index (χ3v) is 6.95. The number of allylic oxidation sites excluding steroid dienone is 4.